The molecule has 3 unspecified atom stereocenters. The zero-order valence-corrected chi connectivity index (χ0v) is 27.6. The quantitative estimate of drug-likeness (QED) is 0.384. The monoisotopic (exact) mass is 683 g/mol. The maximum absolute atomic E-state index is 11.8. The summed E-state index contributed by atoms with van der Waals surface area (Å²) in [6.07, 6.45) is 3.51. The van der Waals surface area contributed by atoms with E-state index in [4.69, 9.17) is 28.3 Å². The Labute approximate surface area is 266 Å². The number of likely N-dealkylation sites (N-methyl/N-ethyl adjacent to an activating group) is 2. The molecule has 0 aliphatic carbocycles. The Balaban J connectivity index is 0.000000184. The molecular weight excluding hydrogens is 645 g/mol. The Hall–Kier alpha value is -2.53. The second-order valence-electron chi connectivity index (χ2n) is 10.6. The smallest absolute Gasteiger partial charge is 0.244 e. The molecule has 0 spiro atoms. The molecule has 0 aromatic heterocycles. The minimum atomic E-state index is -0.173. The predicted octanol–water partition coefficient (Wildman–Crippen LogP) is 4.63. The highest BCUT2D eigenvalue weighted by Crippen LogP contribution is 2.24. The van der Waals surface area contributed by atoms with Crippen LogP contribution in [0.25, 0.3) is 0 Å². The van der Waals surface area contributed by atoms with Gasteiger partial charge >= 0.3 is 0 Å². The Morgan fingerprint density at radius 3 is 1.52 bits per heavy atom. The molecule has 9 nitrogen and oxygen atoms in total. The molecule has 3 atom stereocenters. The minimum Gasteiger partial charge on any atom is -0.392 e. The van der Waals surface area contributed by atoms with Crippen LogP contribution in [0.5, 0.6) is 0 Å². The lowest BCUT2D eigenvalue weighted by Gasteiger charge is -2.14. The first-order chi connectivity index (χ1) is 19.9. The molecule has 2 aromatic rings. The van der Waals surface area contributed by atoms with Crippen molar-refractivity contribution in [3.05, 3.63) is 57.6 Å². The van der Waals surface area contributed by atoms with Crippen LogP contribution < -0.4 is 10.6 Å². The van der Waals surface area contributed by atoms with Crippen molar-refractivity contribution < 1.29 is 19.5 Å². The lowest BCUT2D eigenvalue weighted by atomic mass is 10.1. The van der Waals surface area contributed by atoms with Gasteiger partial charge in [-0.1, -0.05) is 46.1 Å². The average Bonchev–Trinajstić information content (AvgIpc) is 3.58. The number of hydrogen-bond donors (Lipinski definition) is 3. The molecule has 3 aliphatic rings. The van der Waals surface area contributed by atoms with Crippen LogP contribution in [-0.4, -0.2) is 95.2 Å². The van der Waals surface area contributed by atoms with E-state index in [1.54, 1.807) is 33.9 Å². The first-order valence-electron chi connectivity index (χ1n) is 14.0. The highest BCUT2D eigenvalue weighted by Gasteiger charge is 2.29. The molecule has 3 heterocycles. The number of carbonyl (C=O) groups is 3. The van der Waals surface area contributed by atoms with Crippen molar-refractivity contribution in [2.45, 2.75) is 56.1 Å². The van der Waals surface area contributed by atoms with Crippen molar-refractivity contribution >= 4 is 68.2 Å². The van der Waals surface area contributed by atoms with E-state index < -0.39 is 0 Å². The molecule has 3 N–H and O–H groups in total. The van der Waals surface area contributed by atoms with Gasteiger partial charge in [0.2, 0.25) is 17.7 Å². The molecule has 3 fully saturated rings. The standard InChI is InChI=1S/C13H17ClN2O.C12H15ClN2O2.C5H8BrNO/c1-3-9-8-10(4-5-11(9)14)15-12-6-7-16(2)13(12)17;1-15-5-4-11(12(15)17)14-9-2-3-10(13)8(6-9)7-16;1-7-3-2-4(6)5(7)8/h4-5,8,12,15H,3,6-7H2,1-2H3;2-3,6,11,14,16H,4-5,7H2,1H3;4H,2-3H2,1H3. The predicted molar refractivity (Wildman–Crippen MR) is 173 cm³/mol. The molecule has 42 heavy (non-hydrogen) atoms. The third-order valence-electron chi connectivity index (χ3n) is 7.54. The van der Waals surface area contributed by atoms with E-state index in [0.29, 0.717) is 10.6 Å². The summed E-state index contributed by atoms with van der Waals surface area (Å²) in [6.45, 7) is 4.46. The number of likely N-dealkylation sites (tertiary alicyclic amines) is 3. The fraction of sp³-hybridized carbons (Fsp3) is 0.500. The molecule has 0 radical (unpaired) electrons. The van der Waals surface area contributed by atoms with Crippen molar-refractivity contribution in [2.24, 2.45) is 0 Å². The van der Waals surface area contributed by atoms with E-state index in [1.807, 2.05) is 38.4 Å². The molecule has 12 heteroatoms. The number of anilines is 2. The molecule has 0 bridgehead atoms. The number of benzene rings is 2. The number of hydrogen-bond acceptors (Lipinski definition) is 6. The summed E-state index contributed by atoms with van der Waals surface area (Å²) >= 11 is 15.2. The van der Waals surface area contributed by atoms with Gasteiger partial charge in [0, 0.05) is 62.2 Å². The third-order valence-corrected chi connectivity index (χ3v) is 9.13. The van der Waals surface area contributed by atoms with Crippen molar-refractivity contribution in [3.63, 3.8) is 0 Å². The van der Waals surface area contributed by atoms with Crippen LogP contribution in [0.3, 0.4) is 0 Å². The Bertz CT molecular complexity index is 1170. The molecule has 0 saturated carbocycles. The number of aliphatic hydroxyl groups is 1. The van der Waals surface area contributed by atoms with E-state index in [2.05, 4.69) is 33.5 Å². The highest BCUT2D eigenvalue weighted by atomic mass is 79.9. The number of aryl methyl sites for hydroxylation is 1. The summed E-state index contributed by atoms with van der Waals surface area (Å²) < 4.78 is 0. The number of amides is 3. The lowest BCUT2D eigenvalue weighted by molar-refractivity contribution is -0.127. The van der Waals surface area contributed by atoms with E-state index in [0.717, 1.165) is 67.3 Å². The summed E-state index contributed by atoms with van der Waals surface area (Å²) in [5, 5.41) is 16.9. The van der Waals surface area contributed by atoms with Gasteiger partial charge in [-0.05, 0) is 73.2 Å². The van der Waals surface area contributed by atoms with Crippen LogP contribution >= 0.6 is 39.1 Å². The summed E-state index contributed by atoms with van der Waals surface area (Å²) in [5.41, 5.74) is 3.55. The number of carbonyl (C=O) groups excluding carboxylic acids is 3. The number of rotatable bonds is 6. The number of nitrogens with one attached hydrogen (secondary N) is 2. The zero-order valence-electron chi connectivity index (χ0n) is 24.5. The number of aliphatic hydroxyl groups excluding tert-OH is 1. The maximum Gasteiger partial charge on any atom is 0.244 e. The summed E-state index contributed by atoms with van der Waals surface area (Å²) in [5.74, 6) is 0.480. The van der Waals surface area contributed by atoms with Gasteiger partial charge in [0.1, 0.15) is 12.1 Å². The summed E-state index contributed by atoms with van der Waals surface area (Å²) in [4.78, 5) is 39.6. The molecule has 3 saturated heterocycles. The van der Waals surface area contributed by atoms with Gasteiger partial charge in [-0.25, -0.2) is 0 Å². The minimum absolute atomic E-state index is 0.0903. The van der Waals surface area contributed by atoms with Crippen LogP contribution in [0.1, 0.15) is 37.3 Å². The lowest BCUT2D eigenvalue weighted by Crippen LogP contribution is -2.30. The SMILES string of the molecule is CCc1cc(NC2CCN(C)C2=O)ccc1Cl.CN1CCC(Br)C1=O.CN1CCC(Nc2ccc(Cl)c(CO)c2)C1=O. The zero-order chi connectivity index (χ0) is 31.0. The van der Waals surface area contributed by atoms with Gasteiger partial charge in [-0.15, -0.1) is 0 Å². The third kappa shape index (κ3) is 8.99. The first kappa shape index (κ1) is 34.0. The van der Waals surface area contributed by atoms with Crippen molar-refractivity contribution in [3.8, 4) is 0 Å². The van der Waals surface area contributed by atoms with Crippen molar-refractivity contribution in [2.75, 3.05) is 51.4 Å². The fourth-order valence-corrected chi connectivity index (χ4v) is 5.80. The number of nitrogens with zero attached hydrogens (tertiary/aromatic N) is 3. The second kappa shape index (κ2) is 15.8. The molecular formula is C30H40BrCl2N5O4. The topological polar surface area (TPSA) is 105 Å². The normalized spacial score (nSPS) is 21.7. The Morgan fingerprint density at radius 1 is 0.762 bits per heavy atom. The van der Waals surface area contributed by atoms with Crippen LogP contribution in [0.15, 0.2) is 36.4 Å². The van der Waals surface area contributed by atoms with Crippen molar-refractivity contribution in [1.29, 1.82) is 0 Å². The fourth-order valence-electron chi connectivity index (χ4n) is 4.82. The molecule has 5 rings (SSSR count). The Kier molecular flexibility index (Phi) is 12.8. The van der Waals surface area contributed by atoms with Gasteiger partial charge in [-0.3, -0.25) is 14.4 Å². The van der Waals surface area contributed by atoms with Gasteiger partial charge in [0.15, 0.2) is 0 Å². The van der Waals surface area contributed by atoms with E-state index in [-0.39, 0.29) is 41.2 Å². The van der Waals surface area contributed by atoms with E-state index in [9.17, 15) is 14.4 Å². The molecule has 2 aromatic carbocycles. The van der Waals surface area contributed by atoms with Crippen molar-refractivity contribution in [1.82, 2.24) is 14.7 Å². The first-order valence-corrected chi connectivity index (χ1v) is 15.7. The van der Waals surface area contributed by atoms with Crippen LogP contribution in [0.2, 0.25) is 10.0 Å². The second-order valence-corrected chi connectivity index (χ2v) is 12.6. The van der Waals surface area contributed by atoms with Gasteiger partial charge in [0.25, 0.3) is 0 Å². The largest absolute Gasteiger partial charge is 0.392 e. The van der Waals surface area contributed by atoms with Crippen LogP contribution in [0.4, 0.5) is 11.4 Å². The Morgan fingerprint density at radius 2 is 1.19 bits per heavy atom. The average molecular weight is 685 g/mol. The molecule has 230 valence electrons. The maximum atomic E-state index is 11.8. The van der Waals surface area contributed by atoms with Gasteiger partial charge < -0.3 is 30.4 Å². The molecule has 3 amide bonds. The number of halogens is 3. The van der Waals surface area contributed by atoms with Gasteiger partial charge in [0.05, 0.1) is 11.4 Å². The van der Waals surface area contributed by atoms with E-state index >= 15 is 0 Å². The summed E-state index contributed by atoms with van der Waals surface area (Å²) in [6, 6.07) is 10.9. The van der Waals surface area contributed by atoms with Crippen LogP contribution in [0, 0.1) is 0 Å². The van der Waals surface area contributed by atoms with E-state index in [1.165, 1.54) is 0 Å². The van der Waals surface area contributed by atoms with Crippen LogP contribution in [-0.2, 0) is 27.4 Å². The number of alkyl halides is 1. The van der Waals surface area contributed by atoms with Gasteiger partial charge in [-0.2, -0.15) is 0 Å². The highest BCUT2D eigenvalue weighted by molar-refractivity contribution is 9.10. The summed E-state index contributed by atoms with van der Waals surface area (Å²) in [7, 11) is 5.46. The molecule has 3 aliphatic heterocycles.